The van der Waals surface area contributed by atoms with E-state index in [9.17, 15) is 9.59 Å². The smallest absolute Gasteiger partial charge is 0.264 e. The standard InChI is InChI=1S/C17H20N2O3S/c1-10-12-9-11(22-3)6-7-14(12)23-15(10)17(21)19-8-4-5-13(19)16(20)18-2/h6-7,9,13H,4-5,8H2,1-3H3,(H,18,20)/t13-/m0/s1. The first-order valence-corrected chi connectivity index (χ1v) is 8.48. The van der Waals surface area contributed by atoms with E-state index in [1.807, 2.05) is 25.1 Å². The third-order valence-electron chi connectivity index (χ3n) is 4.40. The predicted octanol–water partition coefficient (Wildman–Crippen LogP) is 2.57. The van der Waals surface area contributed by atoms with Crippen molar-refractivity contribution in [3.05, 3.63) is 28.6 Å². The lowest BCUT2D eigenvalue weighted by Crippen LogP contribution is -2.44. The molecule has 0 unspecified atom stereocenters. The van der Waals surface area contributed by atoms with Crippen LogP contribution in [0.1, 0.15) is 28.1 Å². The SMILES string of the molecule is CNC(=O)[C@@H]1CCCN1C(=O)c1sc2ccc(OC)cc2c1C. The molecule has 0 bridgehead atoms. The van der Waals surface area contributed by atoms with Crippen LogP contribution in [-0.4, -0.2) is 43.5 Å². The van der Waals surface area contributed by atoms with Gasteiger partial charge in [0.25, 0.3) is 5.91 Å². The maximum Gasteiger partial charge on any atom is 0.264 e. The first-order valence-electron chi connectivity index (χ1n) is 7.66. The number of amides is 2. The molecule has 2 amide bonds. The Morgan fingerprint density at radius 3 is 2.87 bits per heavy atom. The predicted molar refractivity (Wildman–Crippen MR) is 91.2 cm³/mol. The third kappa shape index (κ3) is 2.67. The zero-order chi connectivity index (χ0) is 16.6. The molecular weight excluding hydrogens is 312 g/mol. The zero-order valence-electron chi connectivity index (χ0n) is 13.5. The van der Waals surface area contributed by atoms with E-state index in [4.69, 9.17) is 4.74 Å². The normalized spacial score (nSPS) is 17.5. The Labute approximate surface area is 139 Å². The third-order valence-corrected chi connectivity index (χ3v) is 5.66. The van der Waals surface area contributed by atoms with Crippen LogP contribution in [0.4, 0.5) is 0 Å². The Kier molecular flexibility index (Phi) is 4.26. The number of carbonyl (C=O) groups is 2. The first kappa shape index (κ1) is 15.8. The molecule has 3 rings (SSSR count). The fourth-order valence-electron chi connectivity index (χ4n) is 3.11. The number of likely N-dealkylation sites (N-methyl/N-ethyl adjacent to an activating group) is 1. The highest BCUT2D eigenvalue weighted by Gasteiger charge is 2.35. The molecule has 2 aromatic rings. The van der Waals surface area contributed by atoms with Crippen LogP contribution in [0.5, 0.6) is 5.75 Å². The molecule has 5 nitrogen and oxygen atoms in total. The van der Waals surface area contributed by atoms with Crippen LogP contribution in [0.2, 0.25) is 0 Å². The number of likely N-dealkylation sites (tertiary alicyclic amines) is 1. The van der Waals surface area contributed by atoms with Gasteiger partial charge in [-0.05, 0) is 48.9 Å². The van der Waals surface area contributed by atoms with E-state index < -0.39 is 0 Å². The van der Waals surface area contributed by atoms with Crippen molar-refractivity contribution in [2.24, 2.45) is 0 Å². The van der Waals surface area contributed by atoms with Crippen molar-refractivity contribution >= 4 is 33.2 Å². The molecule has 2 heterocycles. The van der Waals surface area contributed by atoms with Crippen molar-refractivity contribution in [2.75, 3.05) is 20.7 Å². The van der Waals surface area contributed by atoms with Gasteiger partial charge in [0.05, 0.1) is 12.0 Å². The summed E-state index contributed by atoms with van der Waals surface area (Å²) in [6.07, 6.45) is 1.59. The number of fused-ring (bicyclic) bond motifs is 1. The summed E-state index contributed by atoms with van der Waals surface area (Å²) >= 11 is 1.48. The van der Waals surface area contributed by atoms with E-state index in [0.29, 0.717) is 11.4 Å². The van der Waals surface area contributed by atoms with E-state index in [1.165, 1.54) is 11.3 Å². The van der Waals surface area contributed by atoms with Crippen LogP contribution >= 0.6 is 11.3 Å². The molecule has 1 aliphatic heterocycles. The molecule has 1 aromatic carbocycles. The second-order valence-corrected chi connectivity index (χ2v) is 6.74. The van der Waals surface area contributed by atoms with E-state index in [-0.39, 0.29) is 17.9 Å². The van der Waals surface area contributed by atoms with Crippen molar-refractivity contribution in [2.45, 2.75) is 25.8 Å². The van der Waals surface area contributed by atoms with Gasteiger partial charge in [-0.3, -0.25) is 9.59 Å². The summed E-state index contributed by atoms with van der Waals surface area (Å²) in [5.41, 5.74) is 0.955. The monoisotopic (exact) mass is 332 g/mol. The van der Waals surface area contributed by atoms with Crippen molar-refractivity contribution in [1.82, 2.24) is 10.2 Å². The van der Waals surface area contributed by atoms with E-state index in [2.05, 4.69) is 5.32 Å². The van der Waals surface area contributed by atoms with Crippen molar-refractivity contribution in [3.8, 4) is 5.75 Å². The summed E-state index contributed by atoms with van der Waals surface area (Å²) in [4.78, 5) is 27.3. The topological polar surface area (TPSA) is 58.6 Å². The summed E-state index contributed by atoms with van der Waals surface area (Å²) in [6, 6.07) is 5.48. The van der Waals surface area contributed by atoms with Crippen LogP contribution in [-0.2, 0) is 4.79 Å². The molecule has 1 aliphatic rings. The highest BCUT2D eigenvalue weighted by molar-refractivity contribution is 7.21. The first-order chi connectivity index (χ1) is 11.1. The molecule has 6 heteroatoms. The highest BCUT2D eigenvalue weighted by atomic mass is 32.1. The van der Waals surface area contributed by atoms with Gasteiger partial charge < -0.3 is 15.0 Å². The van der Waals surface area contributed by atoms with Gasteiger partial charge in [0, 0.05) is 18.3 Å². The van der Waals surface area contributed by atoms with Gasteiger partial charge in [-0.2, -0.15) is 0 Å². The van der Waals surface area contributed by atoms with E-state index in [1.54, 1.807) is 19.1 Å². The van der Waals surface area contributed by atoms with Gasteiger partial charge in [0.15, 0.2) is 0 Å². The van der Waals surface area contributed by atoms with Crippen LogP contribution in [0.25, 0.3) is 10.1 Å². The molecule has 1 saturated heterocycles. The molecular formula is C17H20N2O3S. The lowest BCUT2D eigenvalue weighted by atomic mass is 10.1. The second kappa shape index (κ2) is 6.20. The van der Waals surface area contributed by atoms with Crippen LogP contribution in [0.15, 0.2) is 18.2 Å². The molecule has 122 valence electrons. The van der Waals surface area contributed by atoms with Gasteiger partial charge in [0.2, 0.25) is 5.91 Å². The number of hydrogen-bond acceptors (Lipinski definition) is 4. The lowest BCUT2D eigenvalue weighted by molar-refractivity contribution is -0.124. The number of ether oxygens (including phenoxy) is 1. The Morgan fingerprint density at radius 2 is 2.17 bits per heavy atom. The number of thiophene rings is 1. The van der Waals surface area contributed by atoms with Crippen LogP contribution in [0.3, 0.4) is 0 Å². The summed E-state index contributed by atoms with van der Waals surface area (Å²) in [5, 5.41) is 3.69. The molecule has 1 N–H and O–H groups in total. The molecule has 0 aliphatic carbocycles. The maximum absolute atomic E-state index is 12.9. The number of rotatable bonds is 3. The summed E-state index contributed by atoms with van der Waals surface area (Å²) in [5.74, 6) is 0.645. The number of benzene rings is 1. The summed E-state index contributed by atoms with van der Waals surface area (Å²) in [6.45, 7) is 2.59. The van der Waals surface area contributed by atoms with Gasteiger partial charge in [0.1, 0.15) is 11.8 Å². The molecule has 1 fully saturated rings. The van der Waals surface area contributed by atoms with Gasteiger partial charge >= 0.3 is 0 Å². The van der Waals surface area contributed by atoms with Crippen LogP contribution in [0, 0.1) is 6.92 Å². The van der Waals surface area contributed by atoms with E-state index >= 15 is 0 Å². The largest absolute Gasteiger partial charge is 0.497 e. The van der Waals surface area contributed by atoms with E-state index in [0.717, 1.165) is 34.2 Å². The number of carbonyl (C=O) groups excluding carboxylic acids is 2. The second-order valence-electron chi connectivity index (χ2n) is 5.69. The van der Waals surface area contributed by atoms with Crippen LogP contribution < -0.4 is 10.1 Å². The zero-order valence-corrected chi connectivity index (χ0v) is 14.3. The minimum Gasteiger partial charge on any atom is -0.497 e. The highest BCUT2D eigenvalue weighted by Crippen LogP contribution is 2.35. The van der Waals surface area contributed by atoms with Crippen molar-refractivity contribution < 1.29 is 14.3 Å². The number of methoxy groups -OCH3 is 1. The van der Waals surface area contributed by atoms with Gasteiger partial charge in [-0.15, -0.1) is 11.3 Å². The van der Waals surface area contributed by atoms with Crippen molar-refractivity contribution in [1.29, 1.82) is 0 Å². The van der Waals surface area contributed by atoms with Gasteiger partial charge in [-0.1, -0.05) is 0 Å². The molecule has 0 radical (unpaired) electrons. The minimum atomic E-state index is -0.355. The average Bonchev–Trinajstić information content (AvgIpc) is 3.18. The maximum atomic E-state index is 12.9. The Bertz CT molecular complexity index is 769. The number of nitrogens with zero attached hydrogens (tertiary/aromatic N) is 1. The number of aryl methyl sites for hydroxylation is 1. The molecule has 0 spiro atoms. The number of nitrogens with one attached hydrogen (secondary N) is 1. The average molecular weight is 332 g/mol. The Balaban J connectivity index is 1.97. The summed E-state index contributed by atoms with van der Waals surface area (Å²) < 4.78 is 6.32. The number of hydrogen-bond donors (Lipinski definition) is 1. The Morgan fingerprint density at radius 1 is 1.39 bits per heavy atom. The fraction of sp³-hybridized carbons (Fsp3) is 0.412. The fourth-order valence-corrected chi connectivity index (χ4v) is 4.26. The summed E-state index contributed by atoms with van der Waals surface area (Å²) in [7, 11) is 3.24. The molecule has 0 saturated carbocycles. The minimum absolute atomic E-state index is 0.0474. The quantitative estimate of drug-likeness (QED) is 0.940. The molecule has 1 atom stereocenters. The lowest BCUT2D eigenvalue weighted by Gasteiger charge is -2.23. The molecule has 23 heavy (non-hydrogen) atoms. The Hall–Kier alpha value is -2.08. The van der Waals surface area contributed by atoms with Crippen molar-refractivity contribution in [3.63, 3.8) is 0 Å². The molecule has 1 aromatic heterocycles. The van der Waals surface area contributed by atoms with Gasteiger partial charge in [-0.25, -0.2) is 0 Å².